The molecule has 0 fully saturated rings. The molecular formula is C12H23N3O2S2. The van der Waals surface area contributed by atoms with Crippen molar-refractivity contribution >= 4 is 21.4 Å². The van der Waals surface area contributed by atoms with Crippen molar-refractivity contribution in [1.29, 1.82) is 0 Å². The molecule has 1 aromatic heterocycles. The van der Waals surface area contributed by atoms with Crippen LogP contribution < -0.4 is 5.73 Å². The molecule has 0 aliphatic rings. The van der Waals surface area contributed by atoms with E-state index in [1.54, 1.807) is 11.4 Å². The molecule has 5 nitrogen and oxygen atoms in total. The molecule has 0 unspecified atom stereocenters. The average molecular weight is 305 g/mol. The molecule has 0 spiro atoms. The minimum atomic E-state index is -3.40. The Bertz CT molecular complexity index is 483. The summed E-state index contributed by atoms with van der Waals surface area (Å²) in [7, 11) is 0.561. The quantitative estimate of drug-likeness (QED) is 0.783. The SMILES string of the molecule is CCN(CCCN(C)C)S(=O)(=O)c1ccsc1CN. The summed E-state index contributed by atoms with van der Waals surface area (Å²) < 4.78 is 26.6. The van der Waals surface area contributed by atoms with E-state index in [1.807, 2.05) is 21.0 Å². The third-order valence-electron chi connectivity index (χ3n) is 2.87. The molecule has 0 aromatic carbocycles. The molecule has 19 heavy (non-hydrogen) atoms. The van der Waals surface area contributed by atoms with Crippen LogP contribution in [0.5, 0.6) is 0 Å². The van der Waals surface area contributed by atoms with Gasteiger partial charge in [-0.3, -0.25) is 0 Å². The Balaban J connectivity index is 2.84. The zero-order chi connectivity index (χ0) is 14.5. The van der Waals surface area contributed by atoms with Gasteiger partial charge < -0.3 is 10.6 Å². The van der Waals surface area contributed by atoms with Crippen LogP contribution in [0.4, 0.5) is 0 Å². The van der Waals surface area contributed by atoms with Gasteiger partial charge in [0.25, 0.3) is 0 Å². The van der Waals surface area contributed by atoms with Crippen LogP contribution in [0.15, 0.2) is 16.3 Å². The van der Waals surface area contributed by atoms with Crippen molar-refractivity contribution < 1.29 is 8.42 Å². The first-order chi connectivity index (χ1) is 8.93. The Hall–Kier alpha value is -0.470. The highest BCUT2D eigenvalue weighted by molar-refractivity contribution is 7.89. The van der Waals surface area contributed by atoms with Gasteiger partial charge in [0, 0.05) is 24.5 Å². The molecule has 2 N–H and O–H groups in total. The van der Waals surface area contributed by atoms with Crippen molar-refractivity contribution in [2.75, 3.05) is 33.7 Å². The zero-order valence-corrected chi connectivity index (χ0v) is 13.4. The van der Waals surface area contributed by atoms with E-state index in [0.29, 0.717) is 18.0 Å². The van der Waals surface area contributed by atoms with E-state index >= 15 is 0 Å². The first-order valence-electron chi connectivity index (χ1n) is 6.34. The third kappa shape index (κ3) is 4.25. The van der Waals surface area contributed by atoms with Crippen molar-refractivity contribution in [3.8, 4) is 0 Å². The van der Waals surface area contributed by atoms with Crippen molar-refractivity contribution in [2.24, 2.45) is 5.73 Å². The van der Waals surface area contributed by atoms with Gasteiger partial charge in [-0.05, 0) is 38.5 Å². The molecule has 0 saturated heterocycles. The van der Waals surface area contributed by atoms with Gasteiger partial charge in [0.15, 0.2) is 0 Å². The fourth-order valence-electron chi connectivity index (χ4n) is 1.86. The lowest BCUT2D eigenvalue weighted by atomic mass is 10.4. The molecule has 1 aromatic rings. The maximum Gasteiger partial charge on any atom is 0.244 e. The zero-order valence-electron chi connectivity index (χ0n) is 11.8. The van der Waals surface area contributed by atoms with Crippen LogP contribution >= 0.6 is 11.3 Å². The number of sulfonamides is 1. The van der Waals surface area contributed by atoms with Crippen LogP contribution in [-0.2, 0) is 16.6 Å². The van der Waals surface area contributed by atoms with Gasteiger partial charge in [0.05, 0.1) is 4.90 Å². The molecule has 1 heterocycles. The minimum absolute atomic E-state index is 0.265. The summed E-state index contributed by atoms with van der Waals surface area (Å²) in [5.74, 6) is 0. The summed E-state index contributed by atoms with van der Waals surface area (Å²) in [6.07, 6.45) is 0.822. The first-order valence-corrected chi connectivity index (χ1v) is 8.66. The minimum Gasteiger partial charge on any atom is -0.326 e. The van der Waals surface area contributed by atoms with Gasteiger partial charge in [-0.25, -0.2) is 8.42 Å². The second-order valence-electron chi connectivity index (χ2n) is 4.57. The number of nitrogens with two attached hydrogens (primary N) is 1. The van der Waals surface area contributed by atoms with Gasteiger partial charge in [0.1, 0.15) is 0 Å². The first kappa shape index (κ1) is 16.6. The van der Waals surface area contributed by atoms with Crippen molar-refractivity contribution in [1.82, 2.24) is 9.21 Å². The Labute approximate surface area is 120 Å². The van der Waals surface area contributed by atoms with Gasteiger partial charge >= 0.3 is 0 Å². The van der Waals surface area contributed by atoms with Gasteiger partial charge in [-0.15, -0.1) is 11.3 Å². The van der Waals surface area contributed by atoms with Gasteiger partial charge in [-0.2, -0.15) is 4.31 Å². The summed E-state index contributed by atoms with van der Waals surface area (Å²) in [6, 6.07) is 1.65. The molecule has 7 heteroatoms. The second-order valence-corrected chi connectivity index (χ2v) is 7.47. The lowest BCUT2D eigenvalue weighted by Gasteiger charge is -2.21. The fraction of sp³-hybridized carbons (Fsp3) is 0.667. The van der Waals surface area contributed by atoms with E-state index in [2.05, 4.69) is 4.90 Å². The van der Waals surface area contributed by atoms with Crippen LogP contribution in [0.2, 0.25) is 0 Å². The van der Waals surface area contributed by atoms with Crippen LogP contribution in [0.3, 0.4) is 0 Å². The summed E-state index contributed by atoms with van der Waals surface area (Å²) in [5.41, 5.74) is 5.59. The molecule has 0 radical (unpaired) electrons. The van der Waals surface area contributed by atoms with E-state index in [1.165, 1.54) is 15.6 Å². The summed E-state index contributed by atoms with van der Waals surface area (Å²) in [4.78, 5) is 3.15. The van der Waals surface area contributed by atoms with E-state index in [0.717, 1.165) is 17.8 Å². The number of thiophene rings is 1. The van der Waals surface area contributed by atoms with Crippen LogP contribution in [-0.4, -0.2) is 51.4 Å². The lowest BCUT2D eigenvalue weighted by Crippen LogP contribution is -2.33. The smallest absolute Gasteiger partial charge is 0.244 e. The standard InChI is InChI=1S/C12H23N3O2S2/c1-4-15(8-5-7-14(2)3)19(16,17)12-6-9-18-11(12)10-13/h6,9H,4-5,7-8,10,13H2,1-3H3. The maximum absolute atomic E-state index is 12.5. The monoisotopic (exact) mass is 305 g/mol. The van der Waals surface area contributed by atoms with E-state index in [4.69, 9.17) is 5.73 Å². The Morgan fingerprint density at radius 2 is 2.00 bits per heavy atom. The van der Waals surface area contributed by atoms with Crippen molar-refractivity contribution in [2.45, 2.75) is 24.8 Å². The maximum atomic E-state index is 12.5. The molecule has 110 valence electrons. The molecule has 1 rings (SSSR count). The topological polar surface area (TPSA) is 66.6 Å². The number of hydrogen-bond acceptors (Lipinski definition) is 5. The Morgan fingerprint density at radius 1 is 1.32 bits per heavy atom. The van der Waals surface area contributed by atoms with Crippen molar-refractivity contribution in [3.63, 3.8) is 0 Å². The third-order valence-corrected chi connectivity index (χ3v) is 6.00. The number of hydrogen-bond donors (Lipinski definition) is 1. The fourth-order valence-corrected chi connectivity index (χ4v) is 4.65. The van der Waals surface area contributed by atoms with Gasteiger partial charge in [-0.1, -0.05) is 6.92 Å². The molecule has 0 saturated carbocycles. The lowest BCUT2D eigenvalue weighted by molar-refractivity contribution is 0.356. The summed E-state index contributed by atoms with van der Waals surface area (Å²) in [6.45, 7) is 4.02. The largest absolute Gasteiger partial charge is 0.326 e. The van der Waals surface area contributed by atoms with Crippen LogP contribution in [0, 0.1) is 0 Å². The molecule has 0 aliphatic heterocycles. The highest BCUT2D eigenvalue weighted by Gasteiger charge is 2.25. The van der Waals surface area contributed by atoms with Gasteiger partial charge in [0.2, 0.25) is 10.0 Å². The average Bonchev–Trinajstić information content (AvgIpc) is 2.82. The highest BCUT2D eigenvalue weighted by Crippen LogP contribution is 2.24. The second kappa shape index (κ2) is 7.35. The number of nitrogens with zero attached hydrogens (tertiary/aromatic N) is 2. The molecular weight excluding hydrogens is 282 g/mol. The molecule has 0 bridgehead atoms. The predicted octanol–water partition coefficient (Wildman–Crippen LogP) is 1.17. The Morgan fingerprint density at radius 3 is 2.53 bits per heavy atom. The normalized spacial score (nSPS) is 12.5. The summed E-state index contributed by atoms with van der Waals surface area (Å²) >= 11 is 1.39. The molecule has 0 amide bonds. The Kier molecular flexibility index (Phi) is 6.41. The van der Waals surface area contributed by atoms with Crippen LogP contribution in [0.25, 0.3) is 0 Å². The van der Waals surface area contributed by atoms with Crippen molar-refractivity contribution in [3.05, 3.63) is 16.3 Å². The molecule has 0 aliphatic carbocycles. The number of rotatable bonds is 8. The predicted molar refractivity (Wildman–Crippen MR) is 79.8 cm³/mol. The highest BCUT2D eigenvalue weighted by atomic mass is 32.2. The van der Waals surface area contributed by atoms with Crippen LogP contribution in [0.1, 0.15) is 18.2 Å². The van der Waals surface area contributed by atoms with E-state index in [9.17, 15) is 8.42 Å². The van der Waals surface area contributed by atoms with E-state index in [-0.39, 0.29) is 6.54 Å². The van der Waals surface area contributed by atoms with E-state index < -0.39 is 10.0 Å². The molecule has 0 atom stereocenters. The summed E-state index contributed by atoms with van der Waals surface area (Å²) in [5, 5.41) is 1.78.